The Labute approximate surface area is 130 Å². The Morgan fingerprint density at radius 2 is 1.23 bits per heavy atom. The molecule has 3 rings (SSSR count). The Morgan fingerprint density at radius 1 is 0.818 bits per heavy atom. The van der Waals surface area contributed by atoms with E-state index in [0.29, 0.717) is 36.2 Å². The second kappa shape index (κ2) is 6.11. The normalized spacial score (nSPS) is 32.3. The van der Waals surface area contributed by atoms with E-state index in [2.05, 4.69) is 13.8 Å². The zero-order chi connectivity index (χ0) is 15.7. The van der Waals surface area contributed by atoms with Gasteiger partial charge in [0, 0.05) is 0 Å². The van der Waals surface area contributed by atoms with Crippen molar-refractivity contribution in [1.29, 1.82) is 0 Å². The Kier molecular flexibility index (Phi) is 4.19. The molecule has 0 aromatic heterocycles. The first kappa shape index (κ1) is 15.1. The summed E-state index contributed by atoms with van der Waals surface area (Å²) in [7, 11) is 0. The second-order valence-corrected chi connectivity index (χ2v) is 6.69. The Bertz CT molecular complexity index is 529. The number of esters is 2. The molecule has 0 radical (unpaired) electrons. The Morgan fingerprint density at radius 3 is 1.64 bits per heavy atom. The van der Waals surface area contributed by atoms with Crippen LogP contribution in [0.15, 0.2) is 24.3 Å². The molecule has 0 amide bonds. The van der Waals surface area contributed by atoms with Crippen LogP contribution in [0.3, 0.4) is 0 Å². The summed E-state index contributed by atoms with van der Waals surface area (Å²) in [6, 6.07) is 6.69. The van der Waals surface area contributed by atoms with E-state index < -0.39 is 11.9 Å². The molecule has 1 saturated carbocycles. The van der Waals surface area contributed by atoms with Crippen molar-refractivity contribution in [3.05, 3.63) is 35.4 Å². The molecule has 4 unspecified atom stereocenters. The summed E-state index contributed by atoms with van der Waals surface area (Å²) in [5, 5.41) is 0. The van der Waals surface area contributed by atoms with E-state index >= 15 is 0 Å². The molecule has 1 aromatic rings. The van der Waals surface area contributed by atoms with Gasteiger partial charge in [-0.25, -0.2) is 9.59 Å². The number of ether oxygens (including phenoxy) is 2. The topological polar surface area (TPSA) is 52.6 Å². The molecule has 2 aliphatic rings. The fraction of sp³-hybridized carbons (Fsp3) is 0.556. The van der Waals surface area contributed by atoms with Crippen LogP contribution in [-0.2, 0) is 9.47 Å². The second-order valence-electron chi connectivity index (χ2n) is 6.69. The van der Waals surface area contributed by atoms with Crippen LogP contribution in [0.2, 0.25) is 0 Å². The van der Waals surface area contributed by atoms with E-state index in [9.17, 15) is 9.59 Å². The summed E-state index contributed by atoms with van der Waals surface area (Å²) in [6.07, 6.45) is 2.02. The number of hydrogen-bond donors (Lipinski definition) is 0. The van der Waals surface area contributed by atoms with Crippen LogP contribution in [-0.4, -0.2) is 25.2 Å². The summed E-state index contributed by atoms with van der Waals surface area (Å²) < 4.78 is 11.0. The van der Waals surface area contributed by atoms with Crippen LogP contribution in [0.1, 0.15) is 47.4 Å². The Balaban J connectivity index is 1.86. The molecular weight excluding hydrogens is 280 g/mol. The maximum absolute atomic E-state index is 12.3. The smallest absolute Gasteiger partial charge is 0.339 e. The SMILES string of the molecule is CC1CC2COC(=O)c3ccccc3C(=O)OCC2CC1C. The van der Waals surface area contributed by atoms with Gasteiger partial charge in [-0.3, -0.25) is 0 Å². The molecular formula is C18H22O4. The highest BCUT2D eigenvalue weighted by molar-refractivity contribution is 6.03. The summed E-state index contributed by atoms with van der Waals surface area (Å²) in [6.45, 7) is 5.30. The zero-order valence-electron chi connectivity index (χ0n) is 13.1. The molecule has 4 nitrogen and oxygen atoms in total. The predicted octanol–water partition coefficient (Wildman–Crippen LogP) is 3.31. The number of rotatable bonds is 0. The maximum Gasteiger partial charge on any atom is 0.339 e. The van der Waals surface area contributed by atoms with Gasteiger partial charge in [0.1, 0.15) is 0 Å². The molecule has 0 bridgehead atoms. The van der Waals surface area contributed by atoms with Crippen molar-refractivity contribution in [3.63, 3.8) is 0 Å². The van der Waals surface area contributed by atoms with E-state index in [4.69, 9.17) is 9.47 Å². The van der Waals surface area contributed by atoms with Crippen molar-refractivity contribution >= 4 is 11.9 Å². The van der Waals surface area contributed by atoms with Crippen molar-refractivity contribution in [1.82, 2.24) is 0 Å². The standard InChI is InChI=1S/C18H22O4/c1-11-7-13-9-21-17(19)15-5-3-4-6-16(15)18(20)22-10-14(13)8-12(11)2/h3-6,11-14H,7-10H2,1-2H3. The molecule has 1 fully saturated rings. The third-order valence-corrected chi connectivity index (χ3v) is 5.21. The van der Waals surface area contributed by atoms with E-state index in [1.807, 2.05) is 0 Å². The van der Waals surface area contributed by atoms with Gasteiger partial charge >= 0.3 is 11.9 Å². The van der Waals surface area contributed by atoms with Crippen LogP contribution >= 0.6 is 0 Å². The molecule has 1 aliphatic carbocycles. The fourth-order valence-corrected chi connectivity index (χ4v) is 3.57. The molecule has 0 N–H and O–H groups in total. The van der Waals surface area contributed by atoms with Crippen LogP contribution in [0, 0.1) is 23.7 Å². The number of benzene rings is 1. The highest BCUT2D eigenvalue weighted by Crippen LogP contribution is 2.38. The van der Waals surface area contributed by atoms with E-state index in [0.717, 1.165) is 12.8 Å². The lowest BCUT2D eigenvalue weighted by molar-refractivity contribution is -0.00355. The lowest BCUT2D eigenvalue weighted by Crippen LogP contribution is -2.36. The number of carbonyl (C=O) groups is 2. The van der Waals surface area contributed by atoms with E-state index in [1.54, 1.807) is 24.3 Å². The third-order valence-electron chi connectivity index (χ3n) is 5.21. The minimum Gasteiger partial charge on any atom is -0.462 e. The molecule has 4 heteroatoms. The first-order valence-corrected chi connectivity index (χ1v) is 7.99. The molecule has 4 atom stereocenters. The predicted molar refractivity (Wildman–Crippen MR) is 81.5 cm³/mol. The highest BCUT2D eigenvalue weighted by atomic mass is 16.5. The van der Waals surface area contributed by atoms with Crippen LogP contribution in [0.5, 0.6) is 0 Å². The van der Waals surface area contributed by atoms with Crippen LogP contribution in [0.4, 0.5) is 0 Å². The molecule has 1 aromatic carbocycles. The van der Waals surface area contributed by atoms with Crippen molar-refractivity contribution in [3.8, 4) is 0 Å². The molecule has 118 valence electrons. The Hall–Kier alpha value is -1.84. The van der Waals surface area contributed by atoms with Gasteiger partial charge in [0.05, 0.1) is 24.3 Å². The van der Waals surface area contributed by atoms with Gasteiger partial charge < -0.3 is 9.47 Å². The fourth-order valence-electron chi connectivity index (χ4n) is 3.57. The molecule has 1 heterocycles. The minimum atomic E-state index is -0.431. The number of cyclic esters (lactones) is 2. The average Bonchev–Trinajstić information content (AvgIpc) is 2.53. The van der Waals surface area contributed by atoms with Crippen molar-refractivity contribution in [2.75, 3.05) is 13.2 Å². The van der Waals surface area contributed by atoms with Crippen LogP contribution < -0.4 is 0 Å². The highest BCUT2D eigenvalue weighted by Gasteiger charge is 2.35. The van der Waals surface area contributed by atoms with Gasteiger partial charge in [-0.15, -0.1) is 0 Å². The lowest BCUT2D eigenvalue weighted by Gasteiger charge is -2.38. The largest absolute Gasteiger partial charge is 0.462 e. The molecule has 0 spiro atoms. The van der Waals surface area contributed by atoms with Gasteiger partial charge in [-0.05, 0) is 48.6 Å². The monoisotopic (exact) mass is 302 g/mol. The minimum absolute atomic E-state index is 0.271. The van der Waals surface area contributed by atoms with Crippen LogP contribution in [0.25, 0.3) is 0 Å². The number of fused-ring (bicyclic) bond motifs is 2. The number of hydrogen-bond acceptors (Lipinski definition) is 4. The summed E-state index contributed by atoms with van der Waals surface area (Å²) in [5.41, 5.74) is 0.589. The van der Waals surface area contributed by atoms with Gasteiger partial charge in [0.2, 0.25) is 0 Å². The maximum atomic E-state index is 12.3. The van der Waals surface area contributed by atoms with Gasteiger partial charge in [0.15, 0.2) is 0 Å². The molecule has 22 heavy (non-hydrogen) atoms. The average molecular weight is 302 g/mol. The lowest BCUT2D eigenvalue weighted by atomic mass is 9.70. The van der Waals surface area contributed by atoms with E-state index in [-0.39, 0.29) is 11.8 Å². The van der Waals surface area contributed by atoms with Crippen molar-refractivity contribution in [2.45, 2.75) is 26.7 Å². The zero-order valence-corrected chi connectivity index (χ0v) is 13.1. The summed E-state index contributed by atoms with van der Waals surface area (Å²) >= 11 is 0. The molecule has 1 aliphatic heterocycles. The number of carbonyl (C=O) groups excluding carboxylic acids is 2. The van der Waals surface area contributed by atoms with Gasteiger partial charge in [-0.2, -0.15) is 0 Å². The summed E-state index contributed by atoms with van der Waals surface area (Å²) in [4.78, 5) is 24.5. The van der Waals surface area contributed by atoms with Crippen molar-refractivity contribution < 1.29 is 19.1 Å². The first-order chi connectivity index (χ1) is 10.6. The first-order valence-electron chi connectivity index (χ1n) is 7.99. The van der Waals surface area contributed by atoms with Gasteiger partial charge in [-0.1, -0.05) is 26.0 Å². The van der Waals surface area contributed by atoms with Crippen molar-refractivity contribution in [2.24, 2.45) is 23.7 Å². The quantitative estimate of drug-likeness (QED) is 0.690. The van der Waals surface area contributed by atoms with Gasteiger partial charge in [0.25, 0.3) is 0 Å². The van der Waals surface area contributed by atoms with E-state index in [1.165, 1.54) is 0 Å². The third kappa shape index (κ3) is 2.87. The molecule has 0 saturated heterocycles. The summed E-state index contributed by atoms with van der Waals surface area (Å²) in [5.74, 6) is 0.886.